The van der Waals surface area contributed by atoms with Crippen molar-refractivity contribution in [1.29, 1.82) is 0 Å². The molecule has 4 heteroatoms. The molecule has 0 fully saturated rings. The second-order valence-electron chi connectivity index (χ2n) is 2.27. The van der Waals surface area contributed by atoms with Crippen molar-refractivity contribution < 1.29 is 0 Å². The Labute approximate surface area is 70.6 Å². The van der Waals surface area contributed by atoms with Crippen molar-refractivity contribution in [3.8, 4) is 0 Å². The van der Waals surface area contributed by atoms with Gasteiger partial charge in [-0.3, -0.25) is 0 Å². The lowest BCUT2D eigenvalue weighted by Gasteiger charge is -2.02. The van der Waals surface area contributed by atoms with E-state index in [4.69, 9.17) is 17.3 Å². The third kappa shape index (κ3) is 1.88. The molecule has 0 amide bonds. The zero-order chi connectivity index (χ0) is 8.27. The molecule has 1 aromatic heterocycles. The van der Waals surface area contributed by atoms with Gasteiger partial charge in [-0.05, 0) is 19.9 Å². The molecular formula is C7H10ClN3. The van der Waals surface area contributed by atoms with Gasteiger partial charge < -0.3 is 5.73 Å². The van der Waals surface area contributed by atoms with E-state index in [1.807, 2.05) is 6.92 Å². The lowest BCUT2D eigenvalue weighted by atomic mass is 10.2. The van der Waals surface area contributed by atoms with Gasteiger partial charge in [-0.25, -0.2) is 9.97 Å². The molecule has 0 atom stereocenters. The minimum atomic E-state index is 0.517. The van der Waals surface area contributed by atoms with Crippen LogP contribution >= 0.6 is 11.6 Å². The summed E-state index contributed by atoms with van der Waals surface area (Å²) in [6.45, 7) is 2.48. The van der Waals surface area contributed by atoms with Crippen LogP contribution in [0.3, 0.4) is 0 Å². The molecule has 1 aromatic rings. The van der Waals surface area contributed by atoms with E-state index in [1.54, 1.807) is 0 Å². The van der Waals surface area contributed by atoms with Crippen LogP contribution in [0, 0.1) is 6.92 Å². The summed E-state index contributed by atoms with van der Waals surface area (Å²) >= 11 is 5.80. The molecule has 0 unspecified atom stereocenters. The molecule has 0 bridgehead atoms. The maximum atomic E-state index is 5.80. The van der Waals surface area contributed by atoms with Crippen molar-refractivity contribution >= 4 is 11.6 Å². The molecule has 0 radical (unpaired) electrons. The number of nitrogens with two attached hydrogens (primary N) is 1. The molecule has 3 nitrogen and oxygen atoms in total. The summed E-state index contributed by atoms with van der Waals surface area (Å²) in [5, 5.41) is 0.517. The molecular weight excluding hydrogens is 162 g/mol. The lowest BCUT2D eigenvalue weighted by molar-refractivity contribution is 0.918. The van der Waals surface area contributed by atoms with Crippen LogP contribution in [0.15, 0.2) is 6.33 Å². The van der Waals surface area contributed by atoms with E-state index in [0.717, 1.165) is 17.7 Å². The maximum absolute atomic E-state index is 5.80. The van der Waals surface area contributed by atoms with Crippen molar-refractivity contribution in [1.82, 2.24) is 9.97 Å². The predicted octanol–water partition coefficient (Wildman–Crippen LogP) is 0.940. The summed E-state index contributed by atoms with van der Waals surface area (Å²) in [5.74, 6) is 0. The first-order valence-electron chi connectivity index (χ1n) is 3.41. The highest BCUT2D eigenvalue weighted by Crippen LogP contribution is 2.14. The number of halogens is 1. The van der Waals surface area contributed by atoms with Crippen molar-refractivity contribution in [2.45, 2.75) is 13.3 Å². The normalized spacial score (nSPS) is 10.1. The summed E-state index contributed by atoms with van der Waals surface area (Å²) in [7, 11) is 0. The lowest BCUT2D eigenvalue weighted by Crippen LogP contribution is -2.06. The quantitative estimate of drug-likeness (QED) is 0.674. The number of hydrogen-bond acceptors (Lipinski definition) is 3. The van der Waals surface area contributed by atoms with Gasteiger partial charge in [0.15, 0.2) is 0 Å². The Hall–Kier alpha value is -0.670. The highest BCUT2D eigenvalue weighted by atomic mass is 35.5. The average molecular weight is 172 g/mol. The maximum Gasteiger partial charge on any atom is 0.135 e. The fourth-order valence-corrected chi connectivity index (χ4v) is 1.17. The van der Waals surface area contributed by atoms with Crippen LogP contribution < -0.4 is 5.73 Å². The van der Waals surface area contributed by atoms with Gasteiger partial charge >= 0.3 is 0 Å². The molecule has 60 valence electrons. The van der Waals surface area contributed by atoms with E-state index in [1.165, 1.54) is 6.33 Å². The fourth-order valence-electron chi connectivity index (χ4n) is 0.900. The molecule has 0 saturated heterocycles. The summed E-state index contributed by atoms with van der Waals surface area (Å²) in [6.07, 6.45) is 2.20. The Morgan fingerprint density at radius 2 is 2.27 bits per heavy atom. The largest absolute Gasteiger partial charge is 0.330 e. The number of aromatic nitrogens is 2. The highest BCUT2D eigenvalue weighted by Gasteiger charge is 2.03. The van der Waals surface area contributed by atoms with Gasteiger partial charge in [0, 0.05) is 11.3 Å². The first-order chi connectivity index (χ1) is 5.25. The Morgan fingerprint density at radius 3 is 2.82 bits per heavy atom. The average Bonchev–Trinajstić information content (AvgIpc) is 1.97. The van der Waals surface area contributed by atoms with Crippen LogP contribution in [-0.4, -0.2) is 16.5 Å². The van der Waals surface area contributed by atoms with Gasteiger partial charge in [0.2, 0.25) is 0 Å². The van der Waals surface area contributed by atoms with Crippen LogP contribution in [0.25, 0.3) is 0 Å². The second kappa shape index (κ2) is 3.64. The third-order valence-corrected chi connectivity index (χ3v) is 1.83. The molecule has 0 aliphatic rings. The number of hydrogen-bond donors (Lipinski definition) is 1. The SMILES string of the molecule is Cc1ncnc(Cl)c1CCN. The van der Waals surface area contributed by atoms with E-state index in [2.05, 4.69) is 9.97 Å². The number of nitrogens with zero attached hydrogens (tertiary/aromatic N) is 2. The first-order valence-corrected chi connectivity index (χ1v) is 3.79. The standard InChI is InChI=1S/C7H10ClN3/c1-5-6(2-3-9)7(8)11-4-10-5/h4H,2-3,9H2,1H3. The van der Waals surface area contributed by atoms with E-state index in [-0.39, 0.29) is 0 Å². The topological polar surface area (TPSA) is 51.8 Å². The van der Waals surface area contributed by atoms with Crippen LogP contribution in [0.4, 0.5) is 0 Å². The van der Waals surface area contributed by atoms with Gasteiger partial charge in [0.25, 0.3) is 0 Å². The molecule has 1 rings (SSSR count). The van der Waals surface area contributed by atoms with Crippen molar-refractivity contribution in [3.63, 3.8) is 0 Å². The van der Waals surface area contributed by atoms with Crippen molar-refractivity contribution in [2.24, 2.45) is 5.73 Å². The molecule has 0 aliphatic heterocycles. The summed E-state index contributed by atoms with van der Waals surface area (Å²) < 4.78 is 0. The third-order valence-electron chi connectivity index (χ3n) is 1.50. The minimum Gasteiger partial charge on any atom is -0.330 e. The van der Waals surface area contributed by atoms with Gasteiger partial charge in [-0.15, -0.1) is 0 Å². The van der Waals surface area contributed by atoms with Crippen LogP contribution in [0.1, 0.15) is 11.3 Å². The van der Waals surface area contributed by atoms with Gasteiger partial charge in [-0.2, -0.15) is 0 Å². The minimum absolute atomic E-state index is 0.517. The first kappa shape index (κ1) is 8.43. The number of rotatable bonds is 2. The molecule has 0 spiro atoms. The Bertz CT molecular complexity index is 229. The van der Waals surface area contributed by atoms with E-state index in [0.29, 0.717) is 11.7 Å². The number of aryl methyl sites for hydroxylation is 1. The van der Waals surface area contributed by atoms with Crippen molar-refractivity contribution in [3.05, 3.63) is 22.7 Å². The van der Waals surface area contributed by atoms with Crippen LogP contribution in [0.5, 0.6) is 0 Å². The zero-order valence-electron chi connectivity index (χ0n) is 6.34. The highest BCUT2D eigenvalue weighted by molar-refractivity contribution is 6.30. The fraction of sp³-hybridized carbons (Fsp3) is 0.429. The summed E-state index contributed by atoms with van der Waals surface area (Å²) in [6, 6.07) is 0. The monoisotopic (exact) mass is 171 g/mol. The Balaban J connectivity index is 3.00. The summed E-state index contributed by atoms with van der Waals surface area (Å²) in [5.41, 5.74) is 7.25. The van der Waals surface area contributed by atoms with E-state index < -0.39 is 0 Å². The van der Waals surface area contributed by atoms with E-state index >= 15 is 0 Å². The molecule has 0 aromatic carbocycles. The second-order valence-corrected chi connectivity index (χ2v) is 2.63. The molecule has 0 aliphatic carbocycles. The molecule has 2 N–H and O–H groups in total. The van der Waals surface area contributed by atoms with Crippen LogP contribution in [0.2, 0.25) is 5.15 Å². The smallest absolute Gasteiger partial charge is 0.135 e. The van der Waals surface area contributed by atoms with Crippen molar-refractivity contribution in [2.75, 3.05) is 6.54 Å². The Morgan fingerprint density at radius 1 is 1.55 bits per heavy atom. The molecule has 11 heavy (non-hydrogen) atoms. The van der Waals surface area contributed by atoms with Gasteiger partial charge in [0.1, 0.15) is 11.5 Å². The molecule has 0 saturated carbocycles. The van der Waals surface area contributed by atoms with E-state index in [9.17, 15) is 0 Å². The molecule has 1 heterocycles. The summed E-state index contributed by atoms with van der Waals surface area (Å²) in [4.78, 5) is 7.86. The predicted molar refractivity (Wildman–Crippen MR) is 44.5 cm³/mol. The van der Waals surface area contributed by atoms with Crippen LogP contribution in [-0.2, 0) is 6.42 Å². The van der Waals surface area contributed by atoms with Gasteiger partial charge in [-0.1, -0.05) is 11.6 Å². The van der Waals surface area contributed by atoms with Gasteiger partial charge in [0.05, 0.1) is 0 Å². The Kier molecular flexibility index (Phi) is 2.79. The zero-order valence-corrected chi connectivity index (χ0v) is 7.10.